The van der Waals surface area contributed by atoms with Gasteiger partial charge in [0, 0.05) is 10.8 Å². The molecule has 0 saturated heterocycles. The Kier molecular flexibility index (Phi) is 3.24. The summed E-state index contributed by atoms with van der Waals surface area (Å²) in [6, 6.07) is 13.3. The first-order valence-corrected chi connectivity index (χ1v) is 8.46. The average molecular weight is 358 g/mol. The molecule has 0 amide bonds. The van der Waals surface area contributed by atoms with Gasteiger partial charge in [0.05, 0.1) is 23.9 Å². The van der Waals surface area contributed by atoms with Gasteiger partial charge in [-0.05, 0) is 43.3 Å². The van der Waals surface area contributed by atoms with Gasteiger partial charge in [0.1, 0.15) is 11.4 Å². The smallest absolute Gasteiger partial charge is 0.349 e. The number of furan rings is 1. The number of nitrogens with one attached hydrogen (secondary N) is 1. The van der Waals surface area contributed by atoms with Gasteiger partial charge in [0.2, 0.25) is 0 Å². The van der Waals surface area contributed by atoms with Crippen LogP contribution in [0.25, 0.3) is 33.3 Å². The monoisotopic (exact) mass is 358 g/mol. The molecule has 0 bridgehead atoms. The number of aryl methyl sites for hydroxylation is 1. The van der Waals surface area contributed by atoms with Gasteiger partial charge in [-0.15, -0.1) is 0 Å². The molecule has 3 aromatic rings. The van der Waals surface area contributed by atoms with E-state index in [-0.39, 0.29) is 5.82 Å². The summed E-state index contributed by atoms with van der Waals surface area (Å²) in [5.41, 5.74) is 1.77. The standard InChI is InChI=1S/C20H14N4O3/c1-11-4-5-16-12(7-11)8-13-9-15-18(22-20(26)23-19(15)25)24(17(13)21-16)10-14-3-2-6-27-14/h2-9H,10H2,1H3,(H,23,25,26). The predicted molar refractivity (Wildman–Crippen MR) is 101 cm³/mol. The first kappa shape index (κ1) is 15.5. The molecule has 7 nitrogen and oxygen atoms in total. The number of hydrogen-bond donors (Lipinski definition) is 1. The fourth-order valence-corrected chi connectivity index (χ4v) is 3.37. The molecule has 132 valence electrons. The molecule has 4 heterocycles. The van der Waals surface area contributed by atoms with E-state index >= 15 is 0 Å². The van der Waals surface area contributed by atoms with Crippen LogP contribution >= 0.6 is 0 Å². The zero-order valence-corrected chi connectivity index (χ0v) is 14.4. The van der Waals surface area contributed by atoms with Crippen LogP contribution < -0.4 is 11.2 Å². The molecule has 5 rings (SSSR count). The Morgan fingerprint density at radius 3 is 2.78 bits per heavy atom. The lowest BCUT2D eigenvalue weighted by Gasteiger charge is -2.16. The van der Waals surface area contributed by atoms with Crippen molar-refractivity contribution in [3.8, 4) is 11.4 Å². The van der Waals surface area contributed by atoms with Crippen molar-refractivity contribution >= 4 is 21.9 Å². The van der Waals surface area contributed by atoms with E-state index < -0.39 is 11.2 Å². The molecule has 0 saturated carbocycles. The van der Waals surface area contributed by atoms with Gasteiger partial charge in [-0.3, -0.25) is 9.78 Å². The Hall–Kier alpha value is -3.74. The maximum atomic E-state index is 12.4. The summed E-state index contributed by atoms with van der Waals surface area (Å²) in [5.74, 6) is 0.959. The van der Waals surface area contributed by atoms with Gasteiger partial charge < -0.3 is 8.98 Å². The quantitative estimate of drug-likeness (QED) is 0.490. The van der Waals surface area contributed by atoms with Crippen LogP contribution in [0.2, 0.25) is 0 Å². The van der Waals surface area contributed by atoms with Crippen molar-refractivity contribution in [1.82, 2.24) is 19.5 Å². The van der Waals surface area contributed by atoms with Gasteiger partial charge >= 0.3 is 5.69 Å². The van der Waals surface area contributed by atoms with Gasteiger partial charge in [-0.25, -0.2) is 9.78 Å². The third kappa shape index (κ3) is 2.52. The highest BCUT2D eigenvalue weighted by Crippen LogP contribution is 2.27. The first-order chi connectivity index (χ1) is 13.1. The van der Waals surface area contributed by atoms with Crippen LogP contribution in [-0.4, -0.2) is 19.5 Å². The summed E-state index contributed by atoms with van der Waals surface area (Å²) in [6.07, 6.45) is 1.58. The fourth-order valence-electron chi connectivity index (χ4n) is 3.37. The van der Waals surface area contributed by atoms with Crippen molar-refractivity contribution < 1.29 is 4.42 Å². The van der Waals surface area contributed by atoms with E-state index in [1.807, 2.05) is 37.3 Å². The van der Waals surface area contributed by atoms with Gasteiger partial charge in [0.25, 0.3) is 5.56 Å². The van der Waals surface area contributed by atoms with E-state index in [1.165, 1.54) is 0 Å². The predicted octanol–water partition coefficient (Wildman–Crippen LogP) is 2.69. The molecule has 1 N–H and O–H groups in total. The highest BCUT2D eigenvalue weighted by Gasteiger charge is 2.19. The van der Waals surface area contributed by atoms with Crippen molar-refractivity contribution in [2.75, 3.05) is 0 Å². The van der Waals surface area contributed by atoms with E-state index in [4.69, 9.17) is 9.40 Å². The number of aromatic amines is 1. The Morgan fingerprint density at radius 1 is 1.07 bits per heavy atom. The highest BCUT2D eigenvalue weighted by molar-refractivity contribution is 5.93. The summed E-state index contributed by atoms with van der Waals surface area (Å²) < 4.78 is 7.21. The lowest BCUT2D eigenvalue weighted by atomic mass is 10.1. The molecule has 2 aliphatic heterocycles. The molecule has 0 unspecified atom stereocenters. The second-order valence-corrected chi connectivity index (χ2v) is 6.52. The molecular formula is C20H14N4O3. The van der Waals surface area contributed by atoms with Crippen LogP contribution in [0.15, 0.2) is 62.7 Å². The van der Waals surface area contributed by atoms with Crippen LogP contribution in [0.4, 0.5) is 0 Å². The van der Waals surface area contributed by atoms with Crippen molar-refractivity contribution in [3.05, 3.63) is 80.9 Å². The second kappa shape index (κ2) is 5.63. The minimum absolute atomic E-state index is 0.284. The lowest BCUT2D eigenvalue weighted by Crippen LogP contribution is -2.28. The SMILES string of the molecule is Cc1ccc2nc3c(cc4c(=O)[nH]c(=O)nc-4n3Cc3ccco3)cc2c1. The van der Waals surface area contributed by atoms with E-state index in [0.717, 1.165) is 21.9 Å². The molecule has 1 aromatic carbocycles. The molecule has 0 aliphatic carbocycles. The van der Waals surface area contributed by atoms with E-state index in [1.54, 1.807) is 23.0 Å². The molecule has 0 fully saturated rings. The minimum Gasteiger partial charge on any atom is -0.467 e. The Labute approximate surface area is 152 Å². The van der Waals surface area contributed by atoms with E-state index in [2.05, 4.69) is 9.97 Å². The van der Waals surface area contributed by atoms with Crippen molar-refractivity contribution in [3.63, 3.8) is 0 Å². The normalized spacial score (nSPS) is 11.6. The summed E-state index contributed by atoms with van der Waals surface area (Å²) >= 11 is 0. The molecule has 27 heavy (non-hydrogen) atoms. The molecule has 0 spiro atoms. The molecule has 0 radical (unpaired) electrons. The van der Waals surface area contributed by atoms with Crippen LogP contribution in [0.3, 0.4) is 0 Å². The molecule has 0 atom stereocenters. The zero-order valence-electron chi connectivity index (χ0n) is 14.4. The molecular weight excluding hydrogens is 344 g/mol. The molecule has 7 heteroatoms. The number of rotatable bonds is 2. The summed E-state index contributed by atoms with van der Waals surface area (Å²) in [4.78, 5) is 35.2. The third-order valence-corrected chi connectivity index (χ3v) is 4.60. The van der Waals surface area contributed by atoms with Crippen LogP contribution in [0.5, 0.6) is 0 Å². The maximum Gasteiger partial charge on any atom is 0.349 e. The Bertz CT molecular complexity index is 1400. The Morgan fingerprint density at radius 2 is 1.96 bits per heavy atom. The molecule has 2 aliphatic rings. The van der Waals surface area contributed by atoms with Gasteiger partial charge in [0.15, 0.2) is 5.82 Å². The van der Waals surface area contributed by atoms with Gasteiger partial charge in [-0.1, -0.05) is 11.6 Å². The van der Waals surface area contributed by atoms with E-state index in [9.17, 15) is 9.59 Å². The maximum absolute atomic E-state index is 12.4. The summed E-state index contributed by atoms with van der Waals surface area (Å²) in [5, 5.41) is 1.77. The second-order valence-electron chi connectivity index (χ2n) is 6.52. The number of H-pyrrole nitrogens is 1. The largest absolute Gasteiger partial charge is 0.467 e. The third-order valence-electron chi connectivity index (χ3n) is 4.60. The van der Waals surface area contributed by atoms with Gasteiger partial charge in [-0.2, -0.15) is 4.98 Å². The van der Waals surface area contributed by atoms with Crippen molar-refractivity contribution in [2.45, 2.75) is 13.5 Å². The Balaban J connectivity index is 1.94. The van der Waals surface area contributed by atoms with E-state index in [0.29, 0.717) is 23.5 Å². The van der Waals surface area contributed by atoms with Crippen LogP contribution in [0, 0.1) is 6.92 Å². The average Bonchev–Trinajstić information content (AvgIpc) is 3.14. The first-order valence-electron chi connectivity index (χ1n) is 8.46. The lowest BCUT2D eigenvalue weighted by molar-refractivity contribution is 0.495. The number of nitrogens with zero attached hydrogens (tertiary/aromatic N) is 3. The highest BCUT2D eigenvalue weighted by atomic mass is 16.3. The number of hydrogen-bond acceptors (Lipinski definition) is 5. The molecule has 2 aromatic heterocycles. The minimum atomic E-state index is -0.684. The number of pyridine rings is 2. The number of benzene rings is 1. The van der Waals surface area contributed by atoms with Crippen molar-refractivity contribution in [2.24, 2.45) is 0 Å². The topological polar surface area (TPSA) is 93.8 Å². The fraction of sp³-hybridized carbons (Fsp3) is 0.100. The van der Waals surface area contributed by atoms with Crippen LogP contribution in [-0.2, 0) is 6.54 Å². The summed E-state index contributed by atoms with van der Waals surface area (Å²) in [7, 11) is 0. The summed E-state index contributed by atoms with van der Waals surface area (Å²) in [6.45, 7) is 2.33. The number of fused-ring (bicyclic) bond motifs is 3. The number of aromatic nitrogens is 4. The van der Waals surface area contributed by atoms with Crippen LogP contribution in [0.1, 0.15) is 11.3 Å². The zero-order chi connectivity index (χ0) is 18.5. The van der Waals surface area contributed by atoms with Crippen molar-refractivity contribution in [1.29, 1.82) is 0 Å².